The van der Waals surface area contributed by atoms with Crippen molar-refractivity contribution in [3.8, 4) is 0 Å². The molecule has 0 aliphatic carbocycles. The third-order valence-corrected chi connectivity index (χ3v) is 2.57. The largest absolute Gasteiger partial charge is 0.462 e. The van der Waals surface area contributed by atoms with Gasteiger partial charge in [0.05, 0.1) is 0 Å². The Morgan fingerprint density at radius 2 is 2.18 bits per heavy atom. The molecule has 0 saturated carbocycles. The molecule has 0 spiro atoms. The molecule has 1 atom stereocenters. The molecular weight excluding hydrogens is 218 g/mol. The lowest BCUT2D eigenvalue weighted by atomic mass is 9.95. The van der Waals surface area contributed by atoms with Crippen LogP contribution in [0.15, 0.2) is 0 Å². The molecule has 2 N–H and O–H groups in total. The molecule has 1 saturated heterocycles. The van der Waals surface area contributed by atoms with Crippen molar-refractivity contribution in [3.63, 3.8) is 0 Å². The smallest absolute Gasteiger partial charge is 0.293 e. The molecule has 0 aromatic heterocycles. The van der Waals surface area contributed by atoms with Gasteiger partial charge in [0, 0.05) is 6.61 Å². The molecule has 1 aliphatic rings. The molecule has 0 aromatic carbocycles. The van der Waals surface area contributed by atoms with E-state index in [4.69, 9.17) is 5.11 Å². The van der Waals surface area contributed by atoms with Crippen molar-refractivity contribution < 1.29 is 14.6 Å². The minimum absolute atomic E-state index is 0.318. The summed E-state index contributed by atoms with van der Waals surface area (Å²) >= 11 is 0. The number of carbonyl (C=O) groups excluding carboxylic acids is 1. The molecule has 102 valence electrons. The maximum Gasteiger partial charge on any atom is 0.293 e. The maximum absolute atomic E-state index is 9.60. The van der Waals surface area contributed by atoms with Gasteiger partial charge in [0.2, 0.25) is 0 Å². The lowest BCUT2D eigenvalue weighted by Gasteiger charge is -2.21. The number of hydrogen-bond donors (Lipinski definition) is 2. The van der Waals surface area contributed by atoms with Crippen molar-refractivity contribution in [1.29, 1.82) is 0 Å². The Morgan fingerprint density at radius 1 is 1.47 bits per heavy atom. The molecule has 4 heteroatoms. The summed E-state index contributed by atoms with van der Waals surface area (Å²) in [6, 6.07) is 0. The van der Waals surface area contributed by atoms with Gasteiger partial charge in [-0.05, 0) is 65.5 Å². The highest BCUT2D eigenvalue weighted by molar-refractivity contribution is 5.37. The summed E-state index contributed by atoms with van der Waals surface area (Å²) in [6.07, 6.45) is 4.85. The van der Waals surface area contributed by atoms with Crippen molar-refractivity contribution in [2.24, 2.45) is 5.92 Å². The van der Waals surface area contributed by atoms with Crippen LogP contribution in [0.4, 0.5) is 0 Å². The molecule has 0 aromatic rings. The molecule has 1 heterocycles. The van der Waals surface area contributed by atoms with Gasteiger partial charge in [0.1, 0.15) is 5.60 Å². The quantitative estimate of drug-likeness (QED) is 0.740. The summed E-state index contributed by atoms with van der Waals surface area (Å²) in [6.45, 7) is 8.64. The van der Waals surface area contributed by atoms with E-state index >= 15 is 0 Å². The van der Waals surface area contributed by atoms with Crippen LogP contribution in [-0.2, 0) is 9.53 Å². The summed E-state index contributed by atoms with van der Waals surface area (Å²) in [7, 11) is 0. The summed E-state index contributed by atoms with van der Waals surface area (Å²) < 4.78 is 4.55. The van der Waals surface area contributed by atoms with Crippen LogP contribution in [0, 0.1) is 5.92 Å². The Hall–Kier alpha value is -0.610. The second-order valence-electron chi connectivity index (χ2n) is 5.40. The summed E-state index contributed by atoms with van der Waals surface area (Å²) in [5.74, 6) is 0.834. The number of ether oxygens (including phenoxy) is 1. The van der Waals surface area contributed by atoms with E-state index in [0.29, 0.717) is 13.1 Å². The molecule has 0 amide bonds. The first-order valence-corrected chi connectivity index (χ1v) is 6.42. The first-order chi connectivity index (χ1) is 7.99. The van der Waals surface area contributed by atoms with E-state index in [-0.39, 0.29) is 5.60 Å². The average molecular weight is 245 g/mol. The molecular formula is C13H27NO3. The molecule has 0 radical (unpaired) electrons. The maximum atomic E-state index is 9.60. The molecule has 17 heavy (non-hydrogen) atoms. The van der Waals surface area contributed by atoms with Gasteiger partial charge in [-0.2, -0.15) is 0 Å². The van der Waals surface area contributed by atoms with Crippen molar-refractivity contribution in [2.75, 3.05) is 19.7 Å². The number of nitrogens with one attached hydrogen (secondary N) is 1. The van der Waals surface area contributed by atoms with E-state index in [1.165, 1.54) is 32.4 Å². The van der Waals surface area contributed by atoms with Crippen molar-refractivity contribution in [3.05, 3.63) is 0 Å². The number of carbonyl (C=O) groups is 1. The fourth-order valence-electron chi connectivity index (χ4n) is 1.69. The lowest BCUT2D eigenvalue weighted by Crippen LogP contribution is -2.29. The van der Waals surface area contributed by atoms with E-state index in [0.717, 1.165) is 12.3 Å². The summed E-state index contributed by atoms with van der Waals surface area (Å²) in [5.41, 5.74) is -0.318. The fraction of sp³-hybridized carbons (Fsp3) is 0.923. The number of rotatable bonds is 4. The molecule has 4 nitrogen and oxygen atoms in total. The minimum atomic E-state index is -0.318. The molecule has 1 fully saturated rings. The van der Waals surface area contributed by atoms with E-state index < -0.39 is 0 Å². The van der Waals surface area contributed by atoms with Gasteiger partial charge in [0.15, 0.2) is 0 Å². The van der Waals surface area contributed by atoms with Gasteiger partial charge >= 0.3 is 0 Å². The predicted molar refractivity (Wildman–Crippen MR) is 68.8 cm³/mol. The predicted octanol–water partition coefficient (Wildman–Crippen LogP) is 1.72. The first-order valence-electron chi connectivity index (χ1n) is 6.42. The molecule has 1 unspecified atom stereocenters. The zero-order valence-corrected chi connectivity index (χ0v) is 11.4. The van der Waals surface area contributed by atoms with E-state index in [9.17, 15) is 4.79 Å². The average Bonchev–Trinajstić information content (AvgIpc) is 2.27. The van der Waals surface area contributed by atoms with E-state index in [1.54, 1.807) is 0 Å². The van der Waals surface area contributed by atoms with Crippen LogP contribution < -0.4 is 5.32 Å². The second-order valence-corrected chi connectivity index (χ2v) is 5.40. The number of piperidine rings is 1. The monoisotopic (exact) mass is 245 g/mol. The van der Waals surface area contributed by atoms with Crippen molar-refractivity contribution in [2.45, 2.75) is 52.1 Å². The Kier molecular flexibility index (Phi) is 9.09. The zero-order valence-electron chi connectivity index (χ0n) is 11.4. The number of aliphatic hydroxyl groups excluding tert-OH is 1. The Labute approximate surface area is 105 Å². The van der Waals surface area contributed by atoms with Gasteiger partial charge < -0.3 is 15.2 Å². The van der Waals surface area contributed by atoms with Gasteiger partial charge in [-0.3, -0.25) is 4.79 Å². The van der Waals surface area contributed by atoms with Crippen LogP contribution >= 0.6 is 0 Å². The van der Waals surface area contributed by atoms with Crippen molar-refractivity contribution >= 4 is 6.47 Å². The third-order valence-electron chi connectivity index (χ3n) is 2.57. The normalized spacial score (nSPS) is 20.1. The van der Waals surface area contributed by atoms with Crippen LogP contribution in [0.3, 0.4) is 0 Å². The van der Waals surface area contributed by atoms with E-state index in [1.807, 2.05) is 20.8 Å². The van der Waals surface area contributed by atoms with E-state index in [2.05, 4.69) is 10.1 Å². The van der Waals surface area contributed by atoms with Crippen LogP contribution in [0.25, 0.3) is 0 Å². The SMILES string of the molecule is CC(C)(C)OC=O.OCCCC1CCCNC1. The second kappa shape index (κ2) is 9.42. The lowest BCUT2D eigenvalue weighted by molar-refractivity contribution is -0.138. The highest BCUT2D eigenvalue weighted by atomic mass is 16.5. The fourth-order valence-corrected chi connectivity index (χ4v) is 1.69. The van der Waals surface area contributed by atoms with Gasteiger partial charge in [-0.1, -0.05) is 0 Å². The summed E-state index contributed by atoms with van der Waals surface area (Å²) in [5, 5.41) is 11.9. The van der Waals surface area contributed by atoms with Crippen molar-refractivity contribution in [1.82, 2.24) is 5.32 Å². The summed E-state index contributed by atoms with van der Waals surface area (Å²) in [4.78, 5) is 9.60. The third kappa shape index (κ3) is 11.6. The van der Waals surface area contributed by atoms with Gasteiger partial charge in [-0.15, -0.1) is 0 Å². The van der Waals surface area contributed by atoms with Crippen LogP contribution in [0.5, 0.6) is 0 Å². The van der Waals surface area contributed by atoms with Gasteiger partial charge in [-0.25, -0.2) is 0 Å². The highest BCUT2D eigenvalue weighted by Crippen LogP contribution is 2.14. The number of hydrogen-bond acceptors (Lipinski definition) is 4. The minimum Gasteiger partial charge on any atom is -0.462 e. The molecule has 1 rings (SSSR count). The van der Waals surface area contributed by atoms with Crippen LogP contribution in [0.1, 0.15) is 46.5 Å². The Balaban J connectivity index is 0.000000325. The molecule has 0 bridgehead atoms. The first kappa shape index (κ1) is 16.4. The van der Waals surface area contributed by atoms with Crippen LogP contribution in [-0.4, -0.2) is 36.9 Å². The Morgan fingerprint density at radius 3 is 2.53 bits per heavy atom. The topological polar surface area (TPSA) is 58.6 Å². The number of aliphatic hydroxyl groups is 1. The molecule has 1 aliphatic heterocycles. The highest BCUT2D eigenvalue weighted by Gasteiger charge is 2.11. The van der Waals surface area contributed by atoms with Crippen LogP contribution in [0.2, 0.25) is 0 Å². The Bertz CT molecular complexity index is 184. The standard InChI is InChI=1S/C8H17NO.C5H10O2/c10-6-2-4-8-3-1-5-9-7-8;1-5(2,3)7-4-6/h8-10H,1-7H2;4H,1-3H3. The van der Waals surface area contributed by atoms with Gasteiger partial charge in [0.25, 0.3) is 6.47 Å². The zero-order chi connectivity index (χ0) is 13.1.